The number of benzene rings is 2. The van der Waals surface area contributed by atoms with Gasteiger partial charge < -0.3 is 10.1 Å². The number of fused-ring (bicyclic) bond motifs is 6. The zero-order valence-electron chi connectivity index (χ0n) is 12.6. The molecule has 2 bridgehead atoms. The van der Waals surface area contributed by atoms with Crippen LogP contribution in [0.4, 0.5) is 0 Å². The Morgan fingerprint density at radius 2 is 1.64 bits per heavy atom. The van der Waals surface area contributed by atoms with E-state index < -0.39 is 0 Å². The molecule has 5 rings (SSSR count). The SMILES string of the molecule is c1ccc(C2OC3C(C[C@H]4CC[C@H]3N4)c3ccccc32)cc1. The number of ether oxygens (including phenoxy) is 1. The molecule has 3 unspecified atom stereocenters. The van der Waals surface area contributed by atoms with Gasteiger partial charge in [-0.05, 0) is 36.0 Å². The summed E-state index contributed by atoms with van der Waals surface area (Å²) in [6, 6.07) is 20.8. The first kappa shape index (κ1) is 12.9. The Kier molecular flexibility index (Phi) is 2.89. The third-order valence-electron chi connectivity index (χ3n) is 5.68. The number of nitrogens with one attached hydrogen (secondary N) is 1. The van der Waals surface area contributed by atoms with Crippen LogP contribution in [0.5, 0.6) is 0 Å². The Morgan fingerprint density at radius 3 is 2.50 bits per heavy atom. The monoisotopic (exact) mass is 291 g/mol. The predicted molar refractivity (Wildman–Crippen MR) is 86.9 cm³/mol. The van der Waals surface area contributed by atoms with Gasteiger partial charge in [0.15, 0.2) is 0 Å². The first-order valence-electron chi connectivity index (χ1n) is 8.45. The van der Waals surface area contributed by atoms with E-state index in [0.717, 1.165) is 0 Å². The van der Waals surface area contributed by atoms with Gasteiger partial charge in [0.1, 0.15) is 6.10 Å². The summed E-state index contributed by atoms with van der Waals surface area (Å²) in [5, 5.41) is 3.77. The van der Waals surface area contributed by atoms with Gasteiger partial charge in [0, 0.05) is 18.0 Å². The van der Waals surface area contributed by atoms with Crippen molar-refractivity contribution in [3.63, 3.8) is 0 Å². The van der Waals surface area contributed by atoms with Gasteiger partial charge in [-0.2, -0.15) is 0 Å². The maximum atomic E-state index is 6.67. The van der Waals surface area contributed by atoms with E-state index in [0.29, 0.717) is 24.1 Å². The van der Waals surface area contributed by atoms with Gasteiger partial charge in [0.2, 0.25) is 0 Å². The molecule has 2 fully saturated rings. The van der Waals surface area contributed by atoms with E-state index in [1.807, 2.05) is 0 Å². The van der Waals surface area contributed by atoms with E-state index in [9.17, 15) is 0 Å². The molecule has 3 heterocycles. The van der Waals surface area contributed by atoms with E-state index in [2.05, 4.69) is 59.9 Å². The summed E-state index contributed by atoms with van der Waals surface area (Å²) in [5.41, 5.74) is 4.16. The Labute approximate surface area is 131 Å². The largest absolute Gasteiger partial charge is 0.363 e. The fourth-order valence-corrected chi connectivity index (χ4v) is 4.71. The molecule has 5 atom stereocenters. The normalized spacial score (nSPS) is 35.7. The van der Waals surface area contributed by atoms with E-state index in [-0.39, 0.29) is 6.10 Å². The fraction of sp³-hybridized carbons (Fsp3) is 0.400. The topological polar surface area (TPSA) is 21.3 Å². The Balaban J connectivity index is 1.63. The average molecular weight is 291 g/mol. The van der Waals surface area contributed by atoms with Gasteiger partial charge >= 0.3 is 0 Å². The molecule has 0 aromatic heterocycles. The summed E-state index contributed by atoms with van der Waals surface area (Å²) in [7, 11) is 0. The van der Waals surface area contributed by atoms with Gasteiger partial charge in [-0.15, -0.1) is 0 Å². The average Bonchev–Trinajstić information content (AvgIpc) is 2.98. The molecular formula is C20H21NO. The molecule has 2 saturated heterocycles. The lowest BCUT2D eigenvalue weighted by molar-refractivity contribution is -0.0516. The smallest absolute Gasteiger partial charge is 0.108 e. The Hall–Kier alpha value is -1.64. The van der Waals surface area contributed by atoms with E-state index >= 15 is 0 Å². The Morgan fingerprint density at radius 1 is 0.864 bits per heavy atom. The van der Waals surface area contributed by atoms with Crippen molar-refractivity contribution in [3.05, 3.63) is 71.3 Å². The number of piperidine rings is 1. The number of rotatable bonds is 1. The van der Waals surface area contributed by atoms with Crippen LogP contribution < -0.4 is 5.32 Å². The highest BCUT2D eigenvalue weighted by Crippen LogP contribution is 2.48. The zero-order chi connectivity index (χ0) is 14.5. The van der Waals surface area contributed by atoms with Crippen LogP contribution in [0.25, 0.3) is 0 Å². The highest BCUT2D eigenvalue weighted by Gasteiger charge is 2.47. The number of hydrogen-bond acceptors (Lipinski definition) is 2. The van der Waals surface area contributed by atoms with Crippen LogP contribution in [0.2, 0.25) is 0 Å². The molecule has 2 aromatic rings. The molecule has 22 heavy (non-hydrogen) atoms. The summed E-state index contributed by atoms with van der Waals surface area (Å²) in [5.74, 6) is 0.565. The van der Waals surface area contributed by atoms with Gasteiger partial charge in [0.05, 0.1) is 6.10 Å². The second kappa shape index (κ2) is 4.94. The molecule has 0 spiro atoms. The van der Waals surface area contributed by atoms with Gasteiger partial charge in [-0.3, -0.25) is 0 Å². The van der Waals surface area contributed by atoms with Crippen molar-refractivity contribution >= 4 is 0 Å². The van der Waals surface area contributed by atoms with Crippen molar-refractivity contribution in [3.8, 4) is 0 Å². The number of hydrogen-bond donors (Lipinski definition) is 1. The third-order valence-corrected chi connectivity index (χ3v) is 5.68. The summed E-state index contributed by atoms with van der Waals surface area (Å²) in [6.45, 7) is 0. The summed E-state index contributed by atoms with van der Waals surface area (Å²) in [4.78, 5) is 0. The molecule has 0 amide bonds. The van der Waals surface area contributed by atoms with Crippen LogP contribution >= 0.6 is 0 Å². The molecule has 2 heteroatoms. The standard InChI is InChI=1S/C20H21NO/c1-2-6-13(7-3-1)19-16-9-5-4-8-15(16)17-12-14-10-11-18(21-14)20(17)22-19/h1-9,14,17-21H,10-12H2/t14-,17?,18-,19?,20?/m1/s1. The van der Waals surface area contributed by atoms with Crippen molar-refractivity contribution in [1.29, 1.82) is 0 Å². The predicted octanol–water partition coefficient (Wildman–Crippen LogP) is 3.78. The quantitative estimate of drug-likeness (QED) is 0.863. The third kappa shape index (κ3) is 1.87. The van der Waals surface area contributed by atoms with Crippen molar-refractivity contribution in [2.45, 2.75) is 49.5 Å². The van der Waals surface area contributed by atoms with Crippen LogP contribution in [-0.2, 0) is 4.74 Å². The second-order valence-electron chi connectivity index (χ2n) is 6.91. The molecule has 3 aliphatic heterocycles. The van der Waals surface area contributed by atoms with Crippen molar-refractivity contribution in [2.75, 3.05) is 0 Å². The van der Waals surface area contributed by atoms with Crippen LogP contribution in [0.3, 0.4) is 0 Å². The highest BCUT2D eigenvalue weighted by atomic mass is 16.5. The van der Waals surface area contributed by atoms with Crippen molar-refractivity contribution in [2.24, 2.45) is 0 Å². The summed E-state index contributed by atoms with van der Waals surface area (Å²) < 4.78 is 6.67. The molecule has 1 N–H and O–H groups in total. The zero-order valence-corrected chi connectivity index (χ0v) is 12.6. The van der Waals surface area contributed by atoms with Crippen LogP contribution in [-0.4, -0.2) is 18.2 Å². The summed E-state index contributed by atoms with van der Waals surface area (Å²) in [6.07, 6.45) is 4.19. The first-order chi connectivity index (χ1) is 10.9. The lowest BCUT2D eigenvalue weighted by atomic mass is 9.77. The van der Waals surface area contributed by atoms with Crippen LogP contribution in [0, 0.1) is 0 Å². The molecule has 3 aliphatic rings. The molecule has 2 aromatic carbocycles. The maximum Gasteiger partial charge on any atom is 0.108 e. The molecule has 0 saturated carbocycles. The Bertz CT molecular complexity index is 683. The maximum absolute atomic E-state index is 6.67. The van der Waals surface area contributed by atoms with Gasteiger partial charge in [-0.1, -0.05) is 54.6 Å². The van der Waals surface area contributed by atoms with E-state index in [4.69, 9.17) is 4.74 Å². The summed E-state index contributed by atoms with van der Waals surface area (Å²) >= 11 is 0. The second-order valence-corrected chi connectivity index (χ2v) is 6.91. The van der Waals surface area contributed by atoms with Gasteiger partial charge in [0.25, 0.3) is 0 Å². The minimum absolute atomic E-state index is 0.0811. The molecule has 0 radical (unpaired) electrons. The molecular weight excluding hydrogens is 270 g/mol. The van der Waals surface area contributed by atoms with Crippen molar-refractivity contribution in [1.82, 2.24) is 5.32 Å². The van der Waals surface area contributed by atoms with E-state index in [1.165, 1.54) is 36.0 Å². The van der Waals surface area contributed by atoms with E-state index in [1.54, 1.807) is 0 Å². The first-order valence-corrected chi connectivity index (χ1v) is 8.45. The minimum atomic E-state index is 0.0811. The highest BCUT2D eigenvalue weighted by molar-refractivity contribution is 5.41. The molecule has 0 aliphatic carbocycles. The molecule has 112 valence electrons. The lowest BCUT2D eigenvalue weighted by Gasteiger charge is -2.44. The fourth-order valence-electron chi connectivity index (χ4n) is 4.71. The van der Waals surface area contributed by atoms with Crippen molar-refractivity contribution < 1.29 is 4.74 Å². The minimum Gasteiger partial charge on any atom is -0.363 e. The van der Waals surface area contributed by atoms with Crippen LogP contribution in [0.15, 0.2) is 54.6 Å². The van der Waals surface area contributed by atoms with Gasteiger partial charge in [-0.25, -0.2) is 0 Å². The molecule has 2 nitrogen and oxygen atoms in total. The van der Waals surface area contributed by atoms with Crippen LogP contribution in [0.1, 0.15) is 48.0 Å². The lowest BCUT2D eigenvalue weighted by Crippen LogP contribution is -2.51.